The fraction of sp³-hybridized carbons (Fsp3) is 0.696. The molecule has 1 N–H and O–H groups in total. The van der Waals surface area contributed by atoms with Crippen molar-refractivity contribution in [2.45, 2.75) is 76.3 Å². The smallest absolute Gasteiger partial charge is 0.409 e. The van der Waals surface area contributed by atoms with Crippen molar-refractivity contribution in [1.29, 1.82) is 0 Å². The summed E-state index contributed by atoms with van der Waals surface area (Å²) in [4.78, 5) is 14.1. The van der Waals surface area contributed by atoms with E-state index in [1.165, 1.54) is 61.6 Å². The highest BCUT2D eigenvalue weighted by molar-refractivity contribution is 5.67. The van der Waals surface area contributed by atoms with Crippen molar-refractivity contribution in [3.05, 3.63) is 34.9 Å². The van der Waals surface area contributed by atoms with Crippen LogP contribution in [0.3, 0.4) is 0 Å². The number of carbonyl (C=O) groups excluding carboxylic acids is 1. The third-order valence-corrected chi connectivity index (χ3v) is 6.94. The topological polar surface area (TPSA) is 41.6 Å². The minimum Gasteiger partial charge on any atom is -0.449 e. The van der Waals surface area contributed by atoms with Crippen LogP contribution < -0.4 is 5.32 Å². The van der Waals surface area contributed by atoms with Crippen molar-refractivity contribution in [2.24, 2.45) is 5.92 Å². The van der Waals surface area contributed by atoms with Gasteiger partial charge >= 0.3 is 6.09 Å². The van der Waals surface area contributed by atoms with Crippen LogP contribution in [0.2, 0.25) is 0 Å². The van der Waals surface area contributed by atoms with Gasteiger partial charge in [-0.25, -0.2) is 4.79 Å². The average molecular weight is 371 g/mol. The summed E-state index contributed by atoms with van der Waals surface area (Å²) in [5.41, 5.74) is 4.28. The summed E-state index contributed by atoms with van der Waals surface area (Å²) in [6.07, 6.45) is 11.1. The Labute approximate surface area is 163 Å². The zero-order chi connectivity index (χ0) is 18.6. The first-order valence-corrected chi connectivity index (χ1v) is 10.9. The molecule has 2 fully saturated rings. The minimum atomic E-state index is -0.185. The zero-order valence-corrected chi connectivity index (χ0v) is 16.7. The molecule has 3 aliphatic rings. The number of nitrogens with zero attached hydrogens (tertiary/aromatic N) is 1. The lowest BCUT2D eigenvalue weighted by molar-refractivity contribution is 0.106. The molecule has 1 amide bonds. The van der Waals surface area contributed by atoms with Gasteiger partial charge in [-0.15, -0.1) is 0 Å². The van der Waals surface area contributed by atoms with Gasteiger partial charge in [0.15, 0.2) is 0 Å². The molecule has 0 unspecified atom stereocenters. The molecule has 0 bridgehead atoms. The van der Waals surface area contributed by atoms with Gasteiger partial charge in [0.05, 0.1) is 6.61 Å². The Hall–Kier alpha value is -1.55. The molecule has 27 heavy (non-hydrogen) atoms. The monoisotopic (exact) mass is 370 g/mol. The molecule has 0 aromatic heterocycles. The predicted octanol–water partition coefficient (Wildman–Crippen LogP) is 4.62. The van der Waals surface area contributed by atoms with Crippen molar-refractivity contribution >= 4 is 6.09 Å². The summed E-state index contributed by atoms with van der Waals surface area (Å²) in [6, 6.07) is 7.29. The first kappa shape index (κ1) is 18.8. The second-order valence-electron chi connectivity index (χ2n) is 8.74. The van der Waals surface area contributed by atoms with Crippen molar-refractivity contribution in [2.75, 3.05) is 20.2 Å². The quantitative estimate of drug-likeness (QED) is 0.743. The van der Waals surface area contributed by atoms with Crippen LogP contribution in [-0.2, 0) is 17.7 Å². The van der Waals surface area contributed by atoms with Crippen LogP contribution in [0.4, 0.5) is 4.79 Å². The van der Waals surface area contributed by atoms with Crippen LogP contribution in [0.5, 0.6) is 0 Å². The normalized spacial score (nSPS) is 24.5. The molecular formula is C23H34N2O2. The maximum Gasteiger partial charge on any atom is 0.409 e. The van der Waals surface area contributed by atoms with E-state index in [2.05, 4.69) is 23.5 Å². The molecular weight excluding hydrogens is 336 g/mol. The molecule has 1 aromatic rings. The van der Waals surface area contributed by atoms with E-state index in [0.717, 1.165) is 25.3 Å². The molecule has 1 saturated carbocycles. The van der Waals surface area contributed by atoms with Crippen LogP contribution in [-0.4, -0.2) is 37.2 Å². The molecule has 1 heterocycles. The van der Waals surface area contributed by atoms with E-state index in [9.17, 15) is 4.79 Å². The van der Waals surface area contributed by atoms with Crippen LogP contribution in [0.15, 0.2) is 18.2 Å². The van der Waals surface area contributed by atoms with Crippen molar-refractivity contribution in [3.63, 3.8) is 0 Å². The second-order valence-corrected chi connectivity index (χ2v) is 8.74. The van der Waals surface area contributed by atoms with Crippen LogP contribution in [0.25, 0.3) is 0 Å². The number of ether oxygens (including phenoxy) is 1. The zero-order valence-electron chi connectivity index (χ0n) is 16.7. The Morgan fingerprint density at radius 2 is 2.07 bits per heavy atom. The molecule has 0 radical (unpaired) electrons. The number of amides is 1. The number of hydrogen-bond acceptors (Lipinski definition) is 3. The van der Waals surface area contributed by atoms with E-state index in [1.54, 1.807) is 4.90 Å². The maximum absolute atomic E-state index is 12.4. The van der Waals surface area contributed by atoms with Gasteiger partial charge in [-0.05, 0) is 61.3 Å². The highest BCUT2D eigenvalue weighted by Crippen LogP contribution is 2.38. The lowest BCUT2D eigenvalue weighted by Gasteiger charge is -2.30. The van der Waals surface area contributed by atoms with Crippen LogP contribution in [0.1, 0.15) is 74.0 Å². The first-order valence-electron chi connectivity index (χ1n) is 10.9. The molecule has 4 nitrogen and oxygen atoms in total. The lowest BCUT2D eigenvalue weighted by Crippen LogP contribution is -2.32. The number of benzene rings is 1. The molecule has 1 saturated heterocycles. The molecule has 4 rings (SSSR count). The molecule has 1 aromatic carbocycles. The standard InChI is InChI=1S/C23H34N2O2/c1-25(23(26)27-15-5-8-17-6-2-3-7-17)16-18-9-4-10-20-19(18)11-12-22-21(20)13-14-24-22/h4,9-10,17,21-22,24H,2-3,5-8,11-16H2,1H3/t21-,22+/m1/s1. The lowest BCUT2D eigenvalue weighted by atomic mass is 9.78. The summed E-state index contributed by atoms with van der Waals surface area (Å²) in [5, 5.41) is 3.64. The number of nitrogens with one attached hydrogen (secondary N) is 1. The van der Waals surface area contributed by atoms with E-state index >= 15 is 0 Å². The molecule has 2 atom stereocenters. The Balaban J connectivity index is 1.29. The first-order chi connectivity index (χ1) is 13.2. The fourth-order valence-corrected chi connectivity index (χ4v) is 5.46. The van der Waals surface area contributed by atoms with E-state index in [0.29, 0.717) is 25.1 Å². The number of rotatable bonds is 6. The van der Waals surface area contributed by atoms with Gasteiger partial charge in [0.1, 0.15) is 0 Å². The number of carbonyl (C=O) groups is 1. The summed E-state index contributed by atoms with van der Waals surface area (Å²) < 4.78 is 5.53. The van der Waals surface area contributed by atoms with E-state index in [4.69, 9.17) is 4.74 Å². The van der Waals surface area contributed by atoms with Gasteiger partial charge in [0.25, 0.3) is 0 Å². The van der Waals surface area contributed by atoms with E-state index in [1.807, 2.05) is 7.05 Å². The minimum absolute atomic E-state index is 0.185. The molecule has 148 valence electrons. The Bertz CT molecular complexity index is 654. The van der Waals surface area contributed by atoms with Crippen molar-refractivity contribution < 1.29 is 9.53 Å². The maximum atomic E-state index is 12.4. The van der Waals surface area contributed by atoms with Gasteiger partial charge in [-0.3, -0.25) is 0 Å². The SMILES string of the molecule is CN(Cc1cccc2c1CC[C@@H]1NCC[C@H]21)C(=O)OCCCC1CCCC1. The molecule has 2 aliphatic carbocycles. The molecule has 0 spiro atoms. The average Bonchev–Trinajstić information content (AvgIpc) is 3.36. The van der Waals surface area contributed by atoms with Crippen LogP contribution in [0, 0.1) is 5.92 Å². The Morgan fingerprint density at radius 1 is 1.22 bits per heavy atom. The highest BCUT2D eigenvalue weighted by atomic mass is 16.6. The van der Waals surface area contributed by atoms with E-state index < -0.39 is 0 Å². The van der Waals surface area contributed by atoms with Gasteiger partial charge < -0.3 is 15.0 Å². The second kappa shape index (κ2) is 8.64. The highest BCUT2D eigenvalue weighted by Gasteiger charge is 2.33. The summed E-state index contributed by atoms with van der Waals surface area (Å²) in [7, 11) is 1.86. The summed E-state index contributed by atoms with van der Waals surface area (Å²) >= 11 is 0. The Morgan fingerprint density at radius 3 is 2.93 bits per heavy atom. The third kappa shape index (κ3) is 4.31. The number of hydrogen-bond donors (Lipinski definition) is 1. The fourth-order valence-electron chi connectivity index (χ4n) is 5.46. The summed E-state index contributed by atoms with van der Waals surface area (Å²) in [6.45, 7) is 2.34. The van der Waals surface area contributed by atoms with Crippen LogP contribution >= 0.6 is 0 Å². The molecule has 4 heteroatoms. The van der Waals surface area contributed by atoms with Gasteiger partial charge in [-0.2, -0.15) is 0 Å². The molecule has 1 aliphatic heterocycles. The Kier molecular flexibility index (Phi) is 6.01. The van der Waals surface area contributed by atoms with Gasteiger partial charge in [-0.1, -0.05) is 43.9 Å². The summed E-state index contributed by atoms with van der Waals surface area (Å²) in [5.74, 6) is 1.52. The predicted molar refractivity (Wildman–Crippen MR) is 108 cm³/mol. The third-order valence-electron chi connectivity index (χ3n) is 6.94. The largest absolute Gasteiger partial charge is 0.449 e. The van der Waals surface area contributed by atoms with Gasteiger partial charge in [0, 0.05) is 25.6 Å². The number of fused-ring (bicyclic) bond motifs is 3. The van der Waals surface area contributed by atoms with Crippen molar-refractivity contribution in [1.82, 2.24) is 10.2 Å². The van der Waals surface area contributed by atoms with Gasteiger partial charge in [0.2, 0.25) is 0 Å². The van der Waals surface area contributed by atoms with Crippen molar-refractivity contribution in [3.8, 4) is 0 Å². The van der Waals surface area contributed by atoms with E-state index in [-0.39, 0.29) is 6.09 Å².